The Kier molecular flexibility index (Phi) is 3.84. The molecule has 1 rings (SSSR count). The van der Waals surface area contributed by atoms with Crippen molar-refractivity contribution in [2.24, 2.45) is 0 Å². The summed E-state index contributed by atoms with van der Waals surface area (Å²) in [6.45, 7) is 0. The summed E-state index contributed by atoms with van der Waals surface area (Å²) in [4.78, 5) is 3.84. The predicted molar refractivity (Wildman–Crippen MR) is 56.2 cm³/mol. The largest absolute Gasteiger partial charge is 0.493 e. The highest BCUT2D eigenvalue weighted by Gasteiger charge is 2.20. The van der Waals surface area contributed by atoms with E-state index in [2.05, 4.69) is 20.9 Å². The fourth-order valence-corrected chi connectivity index (χ4v) is 1.96. The SMILES string of the molecule is COc1c(Br)ncc(I)c1C(F)F. The molecule has 0 saturated heterocycles. The first-order valence-electron chi connectivity index (χ1n) is 3.24. The van der Waals surface area contributed by atoms with Gasteiger partial charge in [-0.1, -0.05) is 0 Å². The summed E-state index contributed by atoms with van der Waals surface area (Å²) in [6.07, 6.45) is -1.18. The van der Waals surface area contributed by atoms with E-state index in [0.717, 1.165) is 0 Å². The summed E-state index contributed by atoms with van der Waals surface area (Å²) in [5, 5.41) is 0. The molecule has 0 radical (unpaired) electrons. The first-order valence-corrected chi connectivity index (χ1v) is 5.11. The van der Waals surface area contributed by atoms with E-state index in [4.69, 9.17) is 4.74 Å². The van der Waals surface area contributed by atoms with Crippen LogP contribution in [-0.2, 0) is 0 Å². The van der Waals surface area contributed by atoms with E-state index >= 15 is 0 Å². The van der Waals surface area contributed by atoms with Crippen LogP contribution in [0, 0.1) is 3.57 Å². The maximum absolute atomic E-state index is 12.5. The number of halogens is 4. The fraction of sp³-hybridized carbons (Fsp3) is 0.286. The minimum Gasteiger partial charge on any atom is -0.493 e. The normalized spacial score (nSPS) is 10.6. The Morgan fingerprint density at radius 2 is 2.23 bits per heavy atom. The molecular weight excluding hydrogens is 359 g/mol. The molecule has 0 aliphatic rings. The van der Waals surface area contributed by atoms with Crippen LogP contribution in [-0.4, -0.2) is 12.1 Å². The van der Waals surface area contributed by atoms with Crippen molar-refractivity contribution < 1.29 is 13.5 Å². The minimum absolute atomic E-state index is 0.0990. The molecule has 72 valence electrons. The fourth-order valence-electron chi connectivity index (χ4n) is 0.859. The van der Waals surface area contributed by atoms with Gasteiger partial charge >= 0.3 is 0 Å². The smallest absolute Gasteiger partial charge is 0.268 e. The van der Waals surface area contributed by atoms with Crippen LogP contribution in [0.2, 0.25) is 0 Å². The average molecular weight is 364 g/mol. The van der Waals surface area contributed by atoms with Gasteiger partial charge < -0.3 is 4.74 Å². The van der Waals surface area contributed by atoms with Crippen LogP contribution in [0.4, 0.5) is 8.78 Å². The summed E-state index contributed by atoms with van der Waals surface area (Å²) in [5.74, 6) is 0.0990. The van der Waals surface area contributed by atoms with Gasteiger partial charge in [0.1, 0.15) is 4.60 Å². The Labute approximate surface area is 96.0 Å². The van der Waals surface area contributed by atoms with Crippen molar-refractivity contribution in [1.29, 1.82) is 0 Å². The van der Waals surface area contributed by atoms with E-state index in [1.54, 1.807) is 22.6 Å². The lowest BCUT2D eigenvalue weighted by molar-refractivity contribution is 0.145. The van der Waals surface area contributed by atoms with Gasteiger partial charge in [0.05, 0.1) is 12.7 Å². The molecule has 0 N–H and O–H groups in total. The number of alkyl halides is 2. The topological polar surface area (TPSA) is 22.1 Å². The third-order valence-electron chi connectivity index (χ3n) is 1.40. The second kappa shape index (κ2) is 4.50. The van der Waals surface area contributed by atoms with Crippen LogP contribution in [0.1, 0.15) is 12.0 Å². The van der Waals surface area contributed by atoms with E-state index in [-0.39, 0.29) is 11.3 Å². The molecule has 6 heteroatoms. The van der Waals surface area contributed by atoms with Crippen LogP contribution in [0.3, 0.4) is 0 Å². The molecule has 0 aliphatic heterocycles. The number of rotatable bonds is 2. The number of nitrogens with zero attached hydrogens (tertiary/aromatic N) is 1. The molecule has 2 nitrogen and oxygen atoms in total. The zero-order valence-electron chi connectivity index (χ0n) is 6.52. The minimum atomic E-state index is -2.55. The number of methoxy groups -OCH3 is 1. The van der Waals surface area contributed by atoms with Crippen LogP contribution < -0.4 is 4.74 Å². The lowest BCUT2D eigenvalue weighted by Crippen LogP contribution is -1.98. The van der Waals surface area contributed by atoms with Crippen molar-refractivity contribution in [3.63, 3.8) is 0 Å². The molecule has 0 aliphatic carbocycles. The Morgan fingerprint density at radius 1 is 1.62 bits per heavy atom. The van der Waals surface area contributed by atoms with Gasteiger partial charge in [-0.3, -0.25) is 0 Å². The van der Waals surface area contributed by atoms with Gasteiger partial charge in [0.25, 0.3) is 6.43 Å². The van der Waals surface area contributed by atoms with Gasteiger partial charge in [0.15, 0.2) is 5.75 Å². The van der Waals surface area contributed by atoms with Crippen LogP contribution in [0.15, 0.2) is 10.8 Å². The number of aromatic nitrogens is 1. The Bertz CT molecular complexity index is 322. The molecule has 1 aromatic rings. The maximum atomic E-state index is 12.5. The predicted octanol–water partition coefficient (Wildman–Crippen LogP) is 3.39. The third-order valence-corrected chi connectivity index (χ3v) is 2.83. The molecule has 0 atom stereocenters. The van der Waals surface area contributed by atoms with E-state index < -0.39 is 6.43 Å². The van der Waals surface area contributed by atoms with E-state index in [1.807, 2.05) is 0 Å². The molecule has 0 spiro atoms. The number of ether oxygens (including phenoxy) is 1. The van der Waals surface area contributed by atoms with E-state index in [0.29, 0.717) is 8.17 Å². The van der Waals surface area contributed by atoms with E-state index in [9.17, 15) is 8.78 Å². The molecular formula is C7H5BrF2INO. The molecule has 0 aromatic carbocycles. The van der Waals surface area contributed by atoms with Gasteiger partial charge in [0.2, 0.25) is 0 Å². The zero-order valence-corrected chi connectivity index (χ0v) is 10.3. The van der Waals surface area contributed by atoms with Crippen LogP contribution in [0.25, 0.3) is 0 Å². The summed E-state index contributed by atoms with van der Waals surface area (Å²) in [6, 6.07) is 0. The molecule has 13 heavy (non-hydrogen) atoms. The van der Waals surface area contributed by atoms with Crippen molar-refractivity contribution in [2.45, 2.75) is 6.43 Å². The number of pyridine rings is 1. The van der Waals surface area contributed by atoms with Gasteiger partial charge in [0, 0.05) is 9.77 Å². The van der Waals surface area contributed by atoms with Gasteiger partial charge in [-0.25, -0.2) is 13.8 Å². The monoisotopic (exact) mass is 363 g/mol. The lowest BCUT2D eigenvalue weighted by Gasteiger charge is -2.10. The van der Waals surface area contributed by atoms with Crippen LogP contribution in [0.5, 0.6) is 5.75 Å². The zero-order chi connectivity index (χ0) is 10.0. The highest BCUT2D eigenvalue weighted by atomic mass is 127. The van der Waals surface area contributed by atoms with Crippen molar-refractivity contribution >= 4 is 38.5 Å². The summed E-state index contributed by atoms with van der Waals surface area (Å²) in [7, 11) is 1.34. The summed E-state index contributed by atoms with van der Waals surface area (Å²) in [5.41, 5.74) is -0.120. The Balaban J connectivity index is 3.35. The highest BCUT2D eigenvalue weighted by molar-refractivity contribution is 14.1. The molecule has 1 heterocycles. The maximum Gasteiger partial charge on any atom is 0.268 e. The molecule has 1 aromatic heterocycles. The van der Waals surface area contributed by atoms with Gasteiger partial charge in [-0.15, -0.1) is 0 Å². The number of hydrogen-bond donors (Lipinski definition) is 0. The molecule has 0 fully saturated rings. The lowest BCUT2D eigenvalue weighted by atomic mass is 10.2. The standard InChI is InChI=1S/C7H5BrF2INO/c1-13-5-4(7(9)10)3(11)2-12-6(5)8/h2,7H,1H3. The first-order chi connectivity index (χ1) is 6.07. The van der Waals surface area contributed by atoms with Gasteiger partial charge in [-0.05, 0) is 38.5 Å². The van der Waals surface area contributed by atoms with E-state index in [1.165, 1.54) is 13.3 Å². The number of hydrogen-bond acceptors (Lipinski definition) is 2. The van der Waals surface area contributed by atoms with Crippen molar-refractivity contribution in [3.05, 3.63) is 19.9 Å². The first kappa shape index (κ1) is 11.1. The third kappa shape index (κ3) is 2.28. The van der Waals surface area contributed by atoms with Crippen molar-refractivity contribution in [2.75, 3.05) is 7.11 Å². The van der Waals surface area contributed by atoms with Crippen molar-refractivity contribution in [1.82, 2.24) is 4.98 Å². The molecule has 0 amide bonds. The van der Waals surface area contributed by atoms with Crippen molar-refractivity contribution in [3.8, 4) is 5.75 Å². The molecule has 0 saturated carbocycles. The molecule has 0 bridgehead atoms. The summed E-state index contributed by atoms with van der Waals surface area (Å²) < 4.78 is 30.6. The average Bonchev–Trinajstić information content (AvgIpc) is 2.07. The molecule has 0 unspecified atom stereocenters. The highest BCUT2D eigenvalue weighted by Crippen LogP contribution is 2.36. The Hall–Kier alpha value is 0.0200. The van der Waals surface area contributed by atoms with Crippen LogP contribution >= 0.6 is 38.5 Å². The quantitative estimate of drug-likeness (QED) is 0.593. The van der Waals surface area contributed by atoms with Gasteiger partial charge in [-0.2, -0.15) is 0 Å². The second-order valence-electron chi connectivity index (χ2n) is 2.14. The second-order valence-corrected chi connectivity index (χ2v) is 4.06. The summed E-state index contributed by atoms with van der Waals surface area (Å²) >= 11 is 4.83. The Morgan fingerprint density at radius 3 is 2.62 bits per heavy atom.